The first-order valence-corrected chi connectivity index (χ1v) is 12.6. The standard InChI is InChI=1S/C27H30FN7O5/c1-4-35-21(12-16(2)33-35)25(37)32-26-31-20-13-18(24(29)36)14-22(39-3)23(20)34(26)11-7-10-30-27(38)40-15-17-8-5-6-9-19(17)28/h5-6,8-9,12-14H,4,7,10-11,15H2,1-3H3,(H2,29,36)(H,30,38)(H,31,32,37). The zero-order valence-electron chi connectivity index (χ0n) is 22.4. The largest absolute Gasteiger partial charge is 0.494 e. The van der Waals surface area contributed by atoms with E-state index in [9.17, 15) is 18.8 Å². The van der Waals surface area contributed by atoms with E-state index in [0.29, 0.717) is 47.7 Å². The van der Waals surface area contributed by atoms with E-state index in [2.05, 4.69) is 20.7 Å². The smallest absolute Gasteiger partial charge is 0.407 e. The molecule has 3 amide bonds. The summed E-state index contributed by atoms with van der Waals surface area (Å²) in [4.78, 5) is 41.7. The molecule has 4 rings (SSSR count). The Labute approximate surface area is 229 Å². The summed E-state index contributed by atoms with van der Waals surface area (Å²) >= 11 is 0. The molecule has 210 valence electrons. The van der Waals surface area contributed by atoms with Gasteiger partial charge in [-0.15, -0.1) is 0 Å². The van der Waals surface area contributed by atoms with Gasteiger partial charge >= 0.3 is 6.09 Å². The van der Waals surface area contributed by atoms with Crippen molar-refractivity contribution in [2.75, 3.05) is 19.0 Å². The molecule has 2 aromatic carbocycles. The Morgan fingerprint density at radius 2 is 1.93 bits per heavy atom. The van der Waals surface area contributed by atoms with Crippen molar-refractivity contribution >= 4 is 34.9 Å². The van der Waals surface area contributed by atoms with Crippen molar-refractivity contribution in [3.8, 4) is 5.75 Å². The van der Waals surface area contributed by atoms with Crippen LogP contribution in [-0.4, -0.2) is 50.9 Å². The maximum absolute atomic E-state index is 13.8. The molecule has 0 atom stereocenters. The highest BCUT2D eigenvalue weighted by Crippen LogP contribution is 2.31. The molecule has 40 heavy (non-hydrogen) atoms. The predicted octanol–water partition coefficient (Wildman–Crippen LogP) is 3.38. The Balaban J connectivity index is 1.52. The molecule has 12 nitrogen and oxygen atoms in total. The van der Waals surface area contributed by atoms with E-state index in [1.54, 1.807) is 34.4 Å². The van der Waals surface area contributed by atoms with Crippen LogP contribution < -0.4 is 21.1 Å². The number of aromatic nitrogens is 4. The molecule has 0 aliphatic rings. The molecule has 0 unspecified atom stereocenters. The summed E-state index contributed by atoms with van der Waals surface area (Å²) in [7, 11) is 1.45. The van der Waals surface area contributed by atoms with Crippen LogP contribution in [0.2, 0.25) is 0 Å². The topological polar surface area (TPSA) is 155 Å². The highest BCUT2D eigenvalue weighted by Gasteiger charge is 2.21. The second-order valence-electron chi connectivity index (χ2n) is 8.89. The second kappa shape index (κ2) is 12.3. The van der Waals surface area contributed by atoms with Crippen LogP contribution >= 0.6 is 0 Å². The van der Waals surface area contributed by atoms with Gasteiger partial charge in [-0.25, -0.2) is 14.2 Å². The van der Waals surface area contributed by atoms with Gasteiger partial charge in [0.2, 0.25) is 11.9 Å². The molecule has 0 radical (unpaired) electrons. The highest BCUT2D eigenvalue weighted by atomic mass is 19.1. The molecule has 2 heterocycles. The number of carbonyl (C=O) groups is 3. The molecular weight excluding hydrogens is 521 g/mol. The van der Waals surface area contributed by atoms with Crippen LogP contribution in [-0.2, 0) is 24.4 Å². The Morgan fingerprint density at radius 1 is 1.15 bits per heavy atom. The number of anilines is 1. The van der Waals surface area contributed by atoms with Crippen LogP contribution in [0.3, 0.4) is 0 Å². The van der Waals surface area contributed by atoms with Gasteiger partial charge in [-0.05, 0) is 44.5 Å². The van der Waals surface area contributed by atoms with Crippen LogP contribution in [0, 0.1) is 12.7 Å². The maximum atomic E-state index is 13.8. The Kier molecular flexibility index (Phi) is 8.62. The number of nitrogens with two attached hydrogens (primary N) is 1. The molecule has 4 N–H and O–H groups in total. The fourth-order valence-electron chi connectivity index (χ4n) is 4.21. The maximum Gasteiger partial charge on any atom is 0.407 e. The third-order valence-corrected chi connectivity index (χ3v) is 6.12. The normalized spacial score (nSPS) is 10.9. The lowest BCUT2D eigenvalue weighted by atomic mass is 10.1. The first-order chi connectivity index (χ1) is 19.2. The number of ether oxygens (including phenoxy) is 2. The summed E-state index contributed by atoms with van der Waals surface area (Å²) in [5.74, 6) is -0.972. The van der Waals surface area contributed by atoms with E-state index in [0.717, 1.165) is 0 Å². The summed E-state index contributed by atoms with van der Waals surface area (Å²) in [6, 6.07) is 10.7. The van der Waals surface area contributed by atoms with Gasteiger partial charge in [0.05, 0.1) is 18.3 Å². The molecule has 0 saturated heterocycles. The molecule has 0 saturated carbocycles. The fraction of sp³-hybridized carbons (Fsp3) is 0.296. The lowest BCUT2D eigenvalue weighted by Gasteiger charge is -2.13. The lowest BCUT2D eigenvalue weighted by Crippen LogP contribution is -2.26. The number of carbonyl (C=O) groups excluding carboxylic acids is 3. The summed E-state index contributed by atoms with van der Waals surface area (Å²) in [6.07, 6.45) is -0.283. The van der Waals surface area contributed by atoms with Crippen molar-refractivity contribution in [2.45, 2.75) is 40.0 Å². The minimum absolute atomic E-state index is 0.200. The number of nitrogens with one attached hydrogen (secondary N) is 2. The molecule has 2 aromatic heterocycles. The summed E-state index contributed by atoms with van der Waals surface area (Å²) in [5.41, 5.74) is 7.93. The van der Waals surface area contributed by atoms with Gasteiger partial charge in [0.15, 0.2) is 0 Å². The number of halogens is 1. The molecule has 0 aliphatic carbocycles. The van der Waals surface area contributed by atoms with E-state index in [4.69, 9.17) is 15.2 Å². The van der Waals surface area contributed by atoms with Crippen molar-refractivity contribution in [3.05, 3.63) is 70.8 Å². The van der Waals surface area contributed by atoms with Gasteiger partial charge < -0.3 is 25.1 Å². The first kappa shape index (κ1) is 28.1. The summed E-state index contributed by atoms with van der Waals surface area (Å²) in [5, 5.41) is 9.78. The molecule has 0 aliphatic heterocycles. The zero-order valence-corrected chi connectivity index (χ0v) is 22.4. The highest BCUT2D eigenvalue weighted by molar-refractivity contribution is 6.04. The van der Waals surface area contributed by atoms with Crippen LogP contribution in [0.1, 0.15) is 45.4 Å². The Hall–Kier alpha value is -4.94. The predicted molar refractivity (Wildman–Crippen MR) is 145 cm³/mol. The number of imidazole rings is 1. The number of alkyl carbamates (subject to hydrolysis) is 1. The summed E-state index contributed by atoms with van der Waals surface area (Å²) in [6.45, 7) is 4.49. The number of hydrogen-bond acceptors (Lipinski definition) is 7. The molecular formula is C27H30FN7O5. The Bertz CT molecular complexity index is 1560. The monoisotopic (exact) mass is 551 g/mol. The molecule has 0 bridgehead atoms. The lowest BCUT2D eigenvalue weighted by molar-refractivity contribution is 0.0995. The number of methoxy groups -OCH3 is 1. The summed E-state index contributed by atoms with van der Waals surface area (Å²) < 4.78 is 27.7. The number of benzene rings is 2. The number of nitrogens with zero attached hydrogens (tertiary/aromatic N) is 4. The van der Waals surface area contributed by atoms with Crippen molar-refractivity contribution in [1.82, 2.24) is 24.6 Å². The molecule has 13 heteroatoms. The van der Waals surface area contributed by atoms with Crippen molar-refractivity contribution in [3.63, 3.8) is 0 Å². The van der Waals surface area contributed by atoms with E-state index in [1.807, 2.05) is 6.92 Å². The van der Waals surface area contributed by atoms with Gasteiger partial charge in [0, 0.05) is 30.8 Å². The van der Waals surface area contributed by atoms with Crippen LogP contribution in [0.15, 0.2) is 42.5 Å². The van der Waals surface area contributed by atoms with Gasteiger partial charge in [-0.3, -0.25) is 19.6 Å². The van der Waals surface area contributed by atoms with Crippen LogP contribution in [0.4, 0.5) is 15.1 Å². The second-order valence-corrected chi connectivity index (χ2v) is 8.89. The van der Waals surface area contributed by atoms with Crippen LogP contribution in [0.25, 0.3) is 11.0 Å². The molecule has 0 spiro atoms. The average Bonchev–Trinajstić information content (AvgIpc) is 3.49. The number of primary amides is 1. The Morgan fingerprint density at radius 3 is 2.62 bits per heavy atom. The van der Waals surface area contributed by atoms with E-state index in [1.165, 1.54) is 31.4 Å². The van der Waals surface area contributed by atoms with Gasteiger partial charge in [-0.2, -0.15) is 5.10 Å². The van der Waals surface area contributed by atoms with E-state index >= 15 is 0 Å². The first-order valence-electron chi connectivity index (χ1n) is 12.6. The minimum atomic E-state index is -0.695. The zero-order chi connectivity index (χ0) is 28.8. The number of fused-ring (bicyclic) bond motifs is 1. The van der Waals surface area contributed by atoms with Crippen molar-refractivity contribution in [1.29, 1.82) is 0 Å². The quantitative estimate of drug-likeness (QED) is 0.241. The SMILES string of the molecule is CCn1nc(C)cc1C(=O)Nc1nc2cc(C(N)=O)cc(OC)c2n1CCCNC(=O)OCc1ccccc1F. The van der Waals surface area contributed by atoms with Crippen molar-refractivity contribution < 1.29 is 28.2 Å². The average molecular weight is 552 g/mol. The number of aryl methyl sites for hydroxylation is 3. The number of rotatable bonds is 11. The van der Waals surface area contributed by atoms with Crippen LogP contribution in [0.5, 0.6) is 5.75 Å². The number of amides is 3. The van der Waals surface area contributed by atoms with E-state index < -0.39 is 23.7 Å². The van der Waals surface area contributed by atoms with Gasteiger partial charge in [0.25, 0.3) is 5.91 Å². The molecule has 4 aromatic rings. The fourth-order valence-corrected chi connectivity index (χ4v) is 4.21. The van der Waals surface area contributed by atoms with Crippen molar-refractivity contribution in [2.24, 2.45) is 5.73 Å². The van der Waals surface area contributed by atoms with Gasteiger partial charge in [0.1, 0.15) is 29.4 Å². The third kappa shape index (κ3) is 6.20. The van der Waals surface area contributed by atoms with E-state index in [-0.39, 0.29) is 30.2 Å². The number of hydrogen-bond donors (Lipinski definition) is 3. The third-order valence-electron chi connectivity index (χ3n) is 6.12. The van der Waals surface area contributed by atoms with Gasteiger partial charge in [-0.1, -0.05) is 18.2 Å². The molecule has 0 fully saturated rings. The minimum Gasteiger partial charge on any atom is -0.494 e.